The number of ether oxygens (including phenoxy) is 2. The van der Waals surface area contributed by atoms with E-state index in [1.54, 1.807) is 14.2 Å². The van der Waals surface area contributed by atoms with Gasteiger partial charge in [-0.15, -0.1) is 0 Å². The maximum atomic E-state index is 9.10. The topological polar surface area (TPSA) is 105 Å². The van der Waals surface area contributed by atoms with Crippen LogP contribution in [0, 0.1) is 0 Å². The quantitative estimate of drug-likeness (QED) is 0.444. The summed E-state index contributed by atoms with van der Waals surface area (Å²) in [7, 11) is 3.31. The predicted octanol–water partition coefficient (Wildman–Crippen LogP) is -0.284. The van der Waals surface area contributed by atoms with Crippen LogP contribution in [-0.4, -0.2) is 48.8 Å². The zero-order chi connectivity index (χ0) is 12.4. The number of hydrogen-bond donors (Lipinski definition) is 3. The number of carboxylic acid groups (broad SMARTS) is 2. The first-order valence-corrected chi connectivity index (χ1v) is 4.13. The molecule has 0 aliphatic rings. The summed E-state index contributed by atoms with van der Waals surface area (Å²) in [6.45, 7) is 3.85. The Labute approximate surface area is 88.0 Å². The maximum absolute atomic E-state index is 9.10. The summed E-state index contributed by atoms with van der Waals surface area (Å²) in [5.74, 6) is -3.65. The van der Waals surface area contributed by atoms with Gasteiger partial charge in [-0.05, 0) is 13.8 Å². The van der Waals surface area contributed by atoms with Gasteiger partial charge in [-0.25, -0.2) is 9.59 Å². The van der Waals surface area contributed by atoms with Gasteiger partial charge in [-0.1, -0.05) is 0 Å². The van der Waals surface area contributed by atoms with E-state index >= 15 is 0 Å². The van der Waals surface area contributed by atoms with Gasteiger partial charge in [0.25, 0.3) is 0 Å². The summed E-state index contributed by atoms with van der Waals surface area (Å²) in [6.07, 6.45) is 0.111. The summed E-state index contributed by atoms with van der Waals surface area (Å²) in [6, 6.07) is 0. The summed E-state index contributed by atoms with van der Waals surface area (Å²) in [5, 5.41) is 17.8. The van der Waals surface area contributed by atoms with Crippen LogP contribution in [0.15, 0.2) is 0 Å². The third kappa shape index (κ3) is 12.8. The molecule has 0 fully saturated rings. The first kappa shape index (κ1) is 16.3. The molecule has 90 valence electrons. The van der Waals surface area contributed by atoms with Crippen LogP contribution in [0.2, 0.25) is 0 Å². The largest absolute Gasteiger partial charge is 0.473 e. The fourth-order valence-corrected chi connectivity index (χ4v) is 0.467. The minimum absolute atomic E-state index is 0.0555. The molecule has 0 aromatic carbocycles. The summed E-state index contributed by atoms with van der Waals surface area (Å²) >= 11 is 0. The van der Waals surface area contributed by atoms with Crippen molar-refractivity contribution < 1.29 is 29.3 Å². The van der Waals surface area contributed by atoms with E-state index in [-0.39, 0.29) is 12.5 Å². The summed E-state index contributed by atoms with van der Waals surface area (Å²) in [4.78, 5) is 18.2. The lowest BCUT2D eigenvalue weighted by Crippen LogP contribution is -2.36. The summed E-state index contributed by atoms with van der Waals surface area (Å²) < 4.78 is 9.86. The van der Waals surface area contributed by atoms with E-state index < -0.39 is 11.9 Å². The van der Waals surface area contributed by atoms with Crippen molar-refractivity contribution in [2.75, 3.05) is 14.2 Å². The van der Waals surface area contributed by atoms with Crippen LogP contribution >= 0.6 is 0 Å². The molecule has 2 atom stereocenters. The van der Waals surface area contributed by atoms with Crippen LogP contribution in [-0.2, 0) is 19.1 Å². The average molecular weight is 223 g/mol. The fraction of sp³-hybridized carbons (Fsp3) is 0.750. The Morgan fingerprint density at radius 1 is 1.00 bits per heavy atom. The van der Waals surface area contributed by atoms with Crippen LogP contribution in [0.1, 0.15) is 13.8 Å². The van der Waals surface area contributed by atoms with Crippen molar-refractivity contribution in [3.8, 4) is 0 Å². The van der Waals surface area contributed by atoms with Crippen LogP contribution in [0.3, 0.4) is 0 Å². The van der Waals surface area contributed by atoms with E-state index in [1.165, 1.54) is 0 Å². The van der Waals surface area contributed by atoms with Crippen molar-refractivity contribution in [3.63, 3.8) is 0 Å². The molecule has 0 aromatic heterocycles. The van der Waals surface area contributed by atoms with Crippen LogP contribution < -0.4 is 5.32 Å². The van der Waals surface area contributed by atoms with E-state index in [2.05, 4.69) is 5.32 Å². The van der Waals surface area contributed by atoms with Crippen molar-refractivity contribution in [3.05, 3.63) is 0 Å². The number of carbonyl (C=O) groups is 2. The van der Waals surface area contributed by atoms with E-state index in [0.29, 0.717) is 0 Å². The molecule has 3 N–H and O–H groups in total. The summed E-state index contributed by atoms with van der Waals surface area (Å²) in [5.41, 5.74) is 0. The highest BCUT2D eigenvalue weighted by Gasteiger charge is 2.04. The molecule has 0 rings (SSSR count). The molecule has 7 nitrogen and oxygen atoms in total. The Morgan fingerprint density at radius 3 is 1.40 bits per heavy atom. The van der Waals surface area contributed by atoms with Crippen LogP contribution in [0.4, 0.5) is 0 Å². The molecule has 0 saturated carbocycles. The minimum atomic E-state index is -1.82. The van der Waals surface area contributed by atoms with Gasteiger partial charge in [0.15, 0.2) is 0 Å². The lowest BCUT2D eigenvalue weighted by Gasteiger charge is -2.16. The number of rotatable bonds is 4. The van der Waals surface area contributed by atoms with E-state index in [9.17, 15) is 0 Å². The monoisotopic (exact) mass is 223 g/mol. The van der Waals surface area contributed by atoms with Crippen molar-refractivity contribution in [2.45, 2.75) is 26.3 Å². The standard InChI is InChI=1S/C6H15NO2.C2H2O4/c1-5(8-3)7-6(2)9-4;3-1(4)2(5)6/h5-7H,1-4H3;(H,3,4)(H,5,6). The number of hydrogen-bond acceptors (Lipinski definition) is 5. The molecule has 0 spiro atoms. The lowest BCUT2D eigenvalue weighted by atomic mass is 10.5. The van der Waals surface area contributed by atoms with Gasteiger partial charge in [-0.3, -0.25) is 5.32 Å². The van der Waals surface area contributed by atoms with Gasteiger partial charge in [0.1, 0.15) is 12.5 Å². The normalized spacial score (nSPS) is 13.3. The van der Waals surface area contributed by atoms with Crippen molar-refractivity contribution in [2.24, 2.45) is 0 Å². The SMILES string of the molecule is COC(C)NC(C)OC.O=C(O)C(=O)O. The number of methoxy groups -OCH3 is 2. The molecule has 0 aromatic rings. The molecule has 7 heteroatoms. The molecule has 0 aliphatic heterocycles. The number of aliphatic carboxylic acids is 2. The minimum Gasteiger partial charge on any atom is -0.473 e. The predicted molar refractivity (Wildman–Crippen MR) is 51.3 cm³/mol. The Hall–Kier alpha value is -1.18. The first-order valence-electron chi connectivity index (χ1n) is 4.13. The fourth-order valence-electron chi connectivity index (χ4n) is 0.467. The highest BCUT2D eigenvalue weighted by atomic mass is 16.5. The molecule has 0 heterocycles. The van der Waals surface area contributed by atoms with Gasteiger partial charge >= 0.3 is 11.9 Å². The number of carboxylic acids is 2. The van der Waals surface area contributed by atoms with Gasteiger partial charge in [0.2, 0.25) is 0 Å². The molecular weight excluding hydrogens is 206 g/mol. The number of nitrogens with one attached hydrogen (secondary N) is 1. The molecular formula is C8H17NO6. The third-order valence-corrected chi connectivity index (χ3v) is 1.36. The highest BCUT2D eigenvalue weighted by Crippen LogP contribution is 1.86. The highest BCUT2D eigenvalue weighted by molar-refractivity contribution is 6.27. The Kier molecular flexibility index (Phi) is 10.2. The zero-order valence-electron chi connectivity index (χ0n) is 9.18. The Bertz CT molecular complexity index is 176. The van der Waals surface area contributed by atoms with Gasteiger partial charge < -0.3 is 19.7 Å². The molecule has 2 unspecified atom stereocenters. The lowest BCUT2D eigenvalue weighted by molar-refractivity contribution is -0.159. The molecule has 0 amide bonds. The maximum Gasteiger partial charge on any atom is 0.414 e. The zero-order valence-corrected chi connectivity index (χ0v) is 9.18. The van der Waals surface area contributed by atoms with E-state index in [4.69, 9.17) is 29.3 Å². The Balaban J connectivity index is 0. The second kappa shape index (κ2) is 9.38. The van der Waals surface area contributed by atoms with Gasteiger partial charge in [0, 0.05) is 14.2 Å². The van der Waals surface area contributed by atoms with Crippen molar-refractivity contribution >= 4 is 11.9 Å². The second-order valence-electron chi connectivity index (χ2n) is 2.53. The van der Waals surface area contributed by atoms with Crippen LogP contribution in [0.25, 0.3) is 0 Å². The second-order valence-corrected chi connectivity index (χ2v) is 2.53. The molecule has 0 saturated heterocycles. The third-order valence-electron chi connectivity index (χ3n) is 1.36. The molecule has 0 bridgehead atoms. The first-order chi connectivity index (χ1) is 6.84. The van der Waals surface area contributed by atoms with Crippen LogP contribution in [0.5, 0.6) is 0 Å². The van der Waals surface area contributed by atoms with Crippen molar-refractivity contribution in [1.29, 1.82) is 0 Å². The van der Waals surface area contributed by atoms with E-state index in [0.717, 1.165) is 0 Å². The smallest absolute Gasteiger partial charge is 0.414 e. The molecule has 15 heavy (non-hydrogen) atoms. The van der Waals surface area contributed by atoms with Gasteiger partial charge in [0.05, 0.1) is 0 Å². The average Bonchev–Trinajstić information content (AvgIpc) is 2.18. The van der Waals surface area contributed by atoms with Gasteiger partial charge in [-0.2, -0.15) is 0 Å². The van der Waals surface area contributed by atoms with E-state index in [1.807, 2.05) is 13.8 Å². The molecule has 0 radical (unpaired) electrons. The Morgan fingerprint density at radius 2 is 1.27 bits per heavy atom. The molecule has 0 aliphatic carbocycles. The van der Waals surface area contributed by atoms with Crippen molar-refractivity contribution in [1.82, 2.24) is 5.32 Å².